The van der Waals surface area contributed by atoms with E-state index in [0.717, 1.165) is 11.2 Å². The van der Waals surface area contributed by atoms with E-state index in [2.05, 4.69) is 10.3 Å². The first-order valence-corrected chi connectivity index (χ1v) is 7.29. The van der Waals surface area contributed by atoms with Gasteiger partial charge in [-0.15, -0.1) is 0 Å². The Bertz CT molecular complexity index is 729. The number of hydrogen-bond acceptors (Lipinski definition) is 5. The van der Waals surface area contributed by atoms with E-state index in [0.29, 0.717) is 12.3 Å². The summed E-state index contributed by atoms with van der Waals surface area (Å²) in [4.78, 5) is 16.7. The summed E-state index contributed by atoms with van der Waals surface area (Å²) in [7, 11) is 0. The van der Waals surface area contributed by atoms with Crippen molar-refractivity contribution < 1.29 is 19.4 Å². The quantitative estimate of drug-likeness (QED) is 0.809. The van der Waals surface area contributed by atoms with Crippen LogP contribution in [0.3, 0.4) is 0 Å². The molecule has 7 heteroatoms. The number of carbonyl (C=O) groups excluding carboxylic acids is 1. The zero-order chi connectivity index (χ0) is 15.3. The lowest BCUT2D eigenvalue weighted by atomic mass is 10.1. The van der Waals surface area contributed by atoms with Crippen LogP contribution in [0.1, 0.15) is 16.1 Å². The molecule has 1 amide bonds. The topological polar surface area (TPSA) is 85.1 Å². The summed E-state index contributed by atoms with van der Waals surface area (Å²) in [6.45, 7) is 2.56. The standard InChI is InChI=1S/C15H17N3O4/c1-8-2-3-18-5-9(16-12(18)4-8)15(20)17-10-6-21-14-11(19)7-22-13(10)14/h2-5,10-11,13-14,19H,6-7H2,1H3,(H,17,20)/t10-,11-,13-,14-/m1/s1. The molecule has 0 radical (unpaired) electrons. The first-order chi connectivity index (χ1) is 10.6. The van der Waals surface area contributed by atoms with Crippen LogP contribution in [0.2, 0.25) is 0 Å². The molecule has 0 spiro atoms. The zero-order valence-electron chi connectivity index (χ0n) is 12.1. The van der Waals surface area contributed by atoms with Crippen molar-refractivity contribution in [2.24, 2.45) is 0 Å². The van der Waals surface area contributed by atoms with Crippen LogP contribution in [0.5, 0.6) is 0 Å². The molecule has 0 saturated carbocycles. The molecule has 2 saturated heterocycles. The molecule has 7 nitrogen and oxygen atoms in total. The van der Waals surface area contributed by atoms with Gasteiger partial charge < -0.3 is 24.3 Å². The summed E-state index contributed by atoms with van der Waals surface area (Å²) in [5.41, 5.74) is 2.18. The Balaban J connectivity index is 1.51. The number of aliphatic hydroxyl groups is 1. The van der Waals surface area contributed by atoms with E-state index in [1.807, 2.05) is 29.7 Å². The molecule has 0 aliphatic carbocycles. The predicted molar refractivity (Wildman–Crippen MR) is 76.7 cm³/mol. The Morgan fingerprint density at radius 2 is 2.23 bits per heavy atom. The van der Waals surface area contributed by atoms with Gasteiger partial charge in [0.25, 0.3) is 5.91 Å². The van der Waals surface area contributed by atoms with Crippen LogP contribution in [0.15, 0.2) is 24.5 Å². The van der Waals surface area contributed by atoms with Crippen molar-refractivity contribution in [3.8, 4) is 0 Å². The number of aromatic nitrogens is 2. The Hall–Kier alpha value is -1.96. The first kappa shape index (κ1) is 13.7. The van der Waals surface area contributed by atoms with Crippen molar-refractivity contribution in [3.63, 3.8) is 0 Å². The molecule has 22 heavy (non-hydrogen) atoms. The Morgan fingerprint density at radius 3 is 3.09 bits per heavy atom. The predicted octanol–water partition coefficient (Wildman–Crippen LogP) is -0.100. The van der Waals surface area contributed by atoms with Gasteiger partial charge in [-0.25, -0.2) is 4.98 Å². The number of carbonyl (C=O) groups is 1. The van der Waals surface area contributed by atoms with Gasteiger partial charge in [-0.1, -0.05) is 0 Å². The fraction of sp³-hybridized carbons (Fsp3) is 0.467. The molecule has 4 atom stereocenters. The molecule has 2 fully saturated rings. The number of hydrogen-bond donors (Lipinski definition) is 2. The van der Waals surface area contributed by atoms with Crippen molar-refractivity contribution in [1.29, 1.82) is 0 Å². The number of amides is 1. The molecule has 2 aromatic heterocycles. The molecule has 2 aliphatic heterocycles. The summed E-state index contributed by atoms with van der Waals surface area (Å²) in [5, 5.41) is 12.6. The molecule has 0 bridgehead atoms. The van der Waals surface area contributed by atoms with Crippen LogP contribution in [-0.2, 0) is 9.47 Å². The molecule has 0 unspecified atom stereocenters. The van der Waals surface area contributed by atoms with Gasteiger partial charge >= 0.3 is 0 Å². The highest BCUT2D eigenvalue weighted by Gasteiger charge is 2.47. The van der Waals surface area contributed by atoms with Crippen molar-refractivity contribution >= 4 is 11.6 Å². The van der Waals surface area contributed by atoms with Crippen LogP contribution in [-0.4, -0.2) is 58.0 Å². The van der Waals surface area contributed by atoms with Gasteiger partial charge in [-0.05, 0) is 24.6 Å². The molecule has 2 aromatic rings. The average molecular weight is 303 g/mol. The van der Waals surface area contributed by atoms with E-state index in [9.17, 15) is 9.90 Å². The maximum Gasteiger partial charge on any atom is 0.271 e. The van der Waals surface area contributed by atoms with E-state index in [1.54, 1.807) is 6.20 Å². The Kier molecular flexibility index (Phi) is 3.14. The number of aliphatic hydroxyl groups excluding tert-OH is 1. The average Bonchev–Trinajstić information content (AvgIpc) is 3.16. The lowest BCUT2D eigenvalue weighted by Crippen LogP contribution is -2.44. The fourth-order valence-corrected chi connectivity index (χ4v) is 3.04. The normalized spacial score (nSPS) is 30.6. The number of aryl methyl sites for hydroxylation is 1. The highest BCUT2D eigenvalue weighted by Crippen LogP contribution is 2.27. The Morgan fingerprint density at radius 1 is 1.41 bits per heavy atom. The number of imidazole rings is 1. The largest absolute Gasteiger partial charge is 0.388 e. The Labute approximate surface area is 126 Å². The number of fused-ring (bicyclic) bond motifs is 2. The van der Waals surface area contributed by atoms with Gasteiger partial charge in [0.05, 0.1) is 19.3 Å². The van der Waals surface area contributed by atoms with Crippen LogP contribution in [0.25, 0.3) is 5.65 Å². The molecule has 2 N–H and O–H groups in total. The van der Waals surface area contributed by atoms with Gasteiger partial charge in [0.2, 0.25) is 0 Å². The summed E-state index contributed by atoms with van der Waals surface area (Å²) < 4.78 is 12.8. The van der Waals surface area contributed by atoms with Crippen molar-refractivity contribution in [2.75, 3.05) is 13.2 Å². The van der Waals surface area contributed by atoms with Crippen LogP contribution >= 0.6 is 0 Å². The summed E-state index contributed by atoms with van der Waals surface area (Å²) in [6, 6.07) is 3.61. The lowest BCUT2D eigenvalue weighted by molar-refractivity contribution is 0.0178. The van der Waals surface area contributed by atoms with Gasteiger partial charge in [-0.2, -0.15) is 0 Å². The second kappa shape index (κ2) is 5.05. The van der Waals surface area contributed by atoms with E-state index in [4.69, 9.17) is 9.47 Å². The van der Waals surface area contributed by atoms with Crippen LogP contribution < -0.4 is 5.32 Å². The minimum Gasteiger partial charge on any atom is -0.388 e. The van der Waals surface area contributed by atoms with Crippen molar-refractivity contribution in [3.05, 3.63) is 35.8 Å². The highest BCUT2D eigenvalue weighted by atomic mass is 16.6. The van der Waals surface area contributed by atoms with E-state index in [1.165, 1.54) is 0 Å². The number of rotatable bonds is 2. The second-order valence-corrected chi connectivity index (χ2v) is 5.84. The minimum absolute atomic E-state index is 0.245. The van der Waals surface area contributed by atoms with Gasteiger partial charge in [0.1, 0.15) is 29.7 Å². The summed E-state index contributed by atoms with van der Waals surface area (Å²) >= 11 is 0. The molecule has 2 aliphatic rings. The number of nitrogens with one attached hydrogen (secondary N) is 1. The number of ether oxygens (including phenoxy) is 2. The molecular weight excluding hydrogens is 286 g/mol. The minimum atomic E-state index is -0.620. The number of pyridine rings is 1. The smallest absolute Gasteiger partial charge is 0.271 e. The maximum atomic E-state index is 12.4. The first-order valence-electron chi connectivity index (χ1n) is 7.29. The maximum absolute atomic E-state index is 12.4. The van der Waals surface area contributed by atoms with E-state index >= 15 is 0 Å². The SMILES string of the molecule is Cc1ccn2cc(C(=O)N[C@@H]3CO[C@H]4[C@@H]3OC[C@H]4O)nc2c1. The van der Waals surface area contributed by atoms with Gasteiger partial charge in [0, 0.05) is 12.4 Å². The van der Waals surface area contributed by atoms with Gasteiger partial charge in [0.15, 0.2) is 0 Å². The molecule has 4 rings (SSSR count). The molecule has 0 aromatic carbocycles. The van der Waals surface area contributed by atoms with E-state index in [-0.39, 0.29) is 30.8 Å². The zero-order valence-corrected chi connectivity index (χ0v) is 12.1. The van der Waals surface area contributed by atoms with Crippen molar-refractivity contribution in [1.82, 2.24) is 14.7 Å². The van der Waals surface area contributed by atoms with Crippen LogP contribution in [0, 0.1) is 6.92 Å². The third kappa shape index (κ3) is 2.18. The molecular formula is C15H17N3O4. The summed E-state index contributed by atoms with van der Waals surface area (Å²) in [5.74, 6) is -0.263. The van der Waals surface area contributed by atoms with Gasteiger partial charge in [-0.3, -0.25) is 4.79 Å². The summed E-state index contributed by atoms with van der Waals surface area (Å²) in [6.07, 6.45) is 2.30. The molecule has 116 valence electrons. The van der Waals surface area contributed by atoms with Crippen molar-refractivity contribution in [2.45, 2.75) is 31.3 Å². The lowest BCUT2D eigenvalue weighted by Gasteiger charge is -2.16. The second-order valence-electron chi connectivity index (χ2n) is 5.84. The third-order valence-electron chi connectivity index (χ3n) is 4.19. The fourth-order valence-electron chi connectivity index (χ4n) is 3.04. The van der Waals surface area contributed by atoms with Crippen LogP contribution in [0.4, 0.5) is 0 Å². The third-order valence-corrected chi connectivity index (χ3v) is 4.19. The highest BCUT2D eigenvalue weighted by molar-refractivity contribution is 5.93. The monoisotopic (exact) mass is 303 g/mol. The number of nitrogens with zero attached hydrogens (tertiary/aromatic N) is 2. The molecule has 4 heterocycles. The van der Waals surface area contributed by atoms with E-state index < -0.39 is 6.10 Å².